The molecule has 0 radical (unpaired) electrons. The van der Waals surface area contributed by atoms with Crippen molar-refractivity contribution in [2.75, 3.05) is 5.32 Å². The maximum Gasteiger partial charge on any atom is 0.291 e. The van der Waals surface area contributed by atoms with E-state index in [1.54, 1.807) is 6.92 Å². The van der Waals surface area contributed by atoms with E-state index in [-0.39, 0.29) is 17.1 Å². The number of aromatic carboxylic acids is 1. The van der Waals surface area contributed by atoms with Crippen LogP contribution in [0.2, 0.25) is 0 Å². The number of carbonyl (C=O) groups is 3. The van der Waals surface area contributed by atoms with E-state index in [1.807, 2.05) is 0 Å². The maximum atomic E-state index is 12.0. The summed E-state index contributed by atoms with van der Waals surface area (Å²) in [6.07, 6.45) is 0. The molecule has 0 aliphatic heterocycles. The van der Waals surface area contributed by atoms with Crippen LogP contribution in [0.25, 0.3) is 0 Å². The second-order valence-electron chi connectivity index (χ2n) is 4.46. The molecule has 0 saturated carbocycles. The first kappa shape index (κ1) is 14.5. The molecule has 1 aromatic heterocycles. The lowest BCUT2D eigenvalue weighted by molar-refractivity contribution is -0.255. The fraction of sp³-hybridized carbons (Fsp3) is 0.133. The van der Waals surface area contributed by atoms with Crippen LogP contribution < -0.4 is 10.4 Å². The molecule has 108 valence electrons. The lowest BCUT2D eigenvalue weighted by atomic mass is 10.2. The number of aryl methyl sites for hydroxylation is 1. The van der Waals surface area contributed by atoms with Gasteiger partial charge in [0.25, 0.3) is 5.91 Å². The Bertz CT molecular complexity index is 712. The van der Waals surface area contributed by atoms with Crippen molar-refractivity contribution >= 4 is 23.3 Å². The maximum absolute atomic E-state index is 12.0. The van der Waals surface area contributed by atoms with Crippen LogP contribution in [-0.4, -0.2) is 17.7 Å². The van der Waals surface area contributed by atoms with Crippen molar-refractivity contribution < 1.29 is 23.9 Å². The molecule has 1 aromatic carbocycles. The number of hydrogen-bond donors (Lipinski definition) is 1. The van der Waals surface area contributed by atoms with E-state index in [9.17, 15) is 19.5 Å². The van der Waals surface area contributed by atoms with Crippen LogP contribution in [0.3, 0.4) is 0 Å². The quantitative estimate of drug-likeness (QED) is 0.856. The second-order valence-corrected chi connectivity index (χ2v) is 4.46. The minimum absolute atomic E-state index is 0.0145. The summed E-state index contributed by atoms with van der Waals surface area (Å²) in [5.74, 6) is -1.61. The number of Topliss-reactive ketones (excluding diaryl/α,β-unsaturated/α-hetero) is 1. The minimum atomic E-state index is -1.29. The van der Waals surface area contributed by atoms with Gasteiger partial charge in [0.05, 0.1) is 11.5 Å². The molecule has 0 unspecified atom stereocenters. The molecule has 0 aliphatic carbocycles. The summed E-state index contributed by atoms with van der Waals surface area (Å²) in [4.78, 5) is 33.9. The molecule has 1 amide bonds. The van der Waals surface area contributed by atoms with Crippen molar-refractivity contribution in [1.29, 1.82) is 0 Å². The number of carboxylic acid groups (broad SMARTS) is 1. The Kier molecular flexibility index (Phi) is 3.89. The molecule has 1 N–H and O–H groups in total. The Morgan fingerprint density at radius 3 is 2.24 bits per heavy atom. The number of anilines is 1. The van der Waals surface area contributed by atoms with Crippen molar-refractivity contribution in [3.05, 3.63) is 53.0 Å². The van der Waals surface area contributed by atoms with Crippen LogP contribution in [0.15, 0.2) is 34.7 Å². The van der Waals surface area contributed by atoms with Gasteiger partial charge in [-0.3, -0.25) is 9.59 Å². The van der Waals surface area contributed by atoms with Crippen LogP contribution in [0.4, 0.5) is 5.69 Å². The van der Waals surface area contributed by atoms with Gasteiger partial charge in [0.2, 0.25) is 0 Å². The SMILES string of the molecule is CC(=O)c1cc(C(=O)Nc2ccc(C(=O)[O-])cc2)oc1C. The zero-order valence-corrected chi connectivity index (χ0v) is 11.4. The fourth-order valence-electron chi connectivity index (χ4n) is 1.83. The van der Waals surface area contributed by atoms with E-state index in [0.29, 0.717) is 17.0 Å². The summed E-state index contributed by atoms with van der Waals surface area (Å²) < 4.78 is 5.23. The van der Waals surface area contributed by atoms with Gasteiger partial charge in [0.1, 0.15) is 5.76 Å². The van der Waals surface area contributed by atoms with Crippen molar-refractivity contribution in [3.63, 3.8) is 0 Å². The number of benzene rings is 1. The van der Waals surface area contributed by atoms with Gasteiger partial charge in [-0.25, -0.2) is 0 Å². The molecule has 1 heterocycles. The zero-order valence-electron chi connectivity index (χ0n) is 11.4. The Balaban J connectivity index is 2.16. The summed E-state index contributed by atoms with van der Waals surface area (Å²) in [6, 6.07) is 6.89. The van der Waals surface area contributed by atoms with Crippen LogP contribution in [0.5, 0.6) is 0 Å². The van der Waals surface area contributed by atoms with E-state index in [2.05, 4.69) is 5.32 Å². The van der Waals surface area contributed by atoms with Crippen molar-refractivity contribution in [1.82, 2.24) is 0 Å². The first-order chi connectivity index (χ1) is 9.88. The molecule has 0 bridgehead atoms. The summed E-state index contributed by atoms with van der Waals surface area (Å²) in [5, 5.41) is 13.2. The van der Waals surface area contributed by atoms with Crippen molar-refractivity contribution in [2.45, 2.75) is 13.8 Å². The Labute approximate surface area is 120 Å². The van der Waals surface area contributed by atoms with Crippen molar-refractivity contribution in [3.8, 4) is 0 Å². The summed E-state index contributed by atoms with van der Waals surface area (Å²) in [6.45, 7) is 2.99. The number of carbonyl (C=O) groups excluding carboxylic acids is 3. The third-order valence-corrected chi connectivity index (χ3v) is 2.90. The predicted molar refractivity (Wildman–Crippen MR) is 72.2 cm³/mol. The molecule has 0 atom stereocenters. The molecule has 0 aliphatic rings. The largest absolute Gasteiger partial charge is 0.545 e. The first-order valence-electron chi connectivity index (χ1n) is 6.12. The molecule has 2 rings (SSSR count). The second kappa shape index (κ2) is 5.62. The number of carboxylic acids is 1. The first-order valence-corrected chi connectivity index (χ1v) is 6.12. The van der Waals surface area contributed by atoms with Crippen molar-refractivity contribution in [2.24, 2.45) is 0 Å². The van der Waals surface area contributed by atoms with Gasteiger partial charge in [0, 0.05) is 11.8 Å². The number of nitrogens with one attached hydrogen (secondary N) is 1. The highest BCUT2D eigenvalue weighted by molar-refractivity contribution is 6.05. The van der Waals surface area contributed by atoms with Gasteiger partial charge in [-0.05, 0) is 31.5 Å². The molecule has 6 heteroatoms. The summed E-state index contributed by atoms with van der Waals surface area (Å²) in [7, 11) is 0. The molecule has 0 saturated heterocycles. The normalized spacial score (nSPS) is 10.2. The van der Waals surface area contributed by atoms with Gasteiger partial charge in [0.15, 0.2) is 11.5 Å². The molecular formula is C15H12NO5-. The number of amides is 1. The van der Waals surface area contributed by atoms with E-state index in [1.165, 1.54) is 37.3 Å². The molecule has 0 fully saturated rings. The summed E-state index contributed by atoms with van der Waals surface area (Å²) >= 11 is 0. The predicted octanol–water partition coefficient (Wildman–Crippen LogP) is 1.41. The average molecular weight is 286 g/mol. The van der Waals surface area contributed by atoms with Gasteiger partial charge >= 0.3 is 0 Å². The van der Waals surface area contributed by atoms with Gasteiger partial charge < -0.3 is 19.6 Å². The van der Waals surface area contributed by atoms with Crippen LogP contribution >= 0.6 is 0 Å². The van der Waals surface area contributed by atoms with Crippen LogP contribution in [-0.2, 0) is 0 Å². The van der Waals surface area contributed by atoms with Crippen LogP contribution in [0.1, 0.15) is 44.0 Å². The van der Waals surface area contributed by atoms with E-state index in [0.717, 1.165) is 0 Å². The molecular weight excluding hydrogens is 274 g/mol. The monoisotopic (exact) mass is 286 g/mol. The lowest BCUT2D eigenvalue weighted by Crippen LogP contribution is -2.22. The molecule has 0 spiro atoms. The molecule has 6 nitrogen and oxygen atoms in total. The highest BCUT2D eigenvalue weighted by Gasteiger charge is 2.16. The topological polar surface area (TPSA) is 99.4 Å². The fourth-order valence-corrected chi connectivity index (χ4v) is 1.83. The average Bonchev–Trinajstić information content (AvgIpc) is 2.81. The summed E-state index contributed by atoms with van der Waals surface area (Å²) in [5.41, 5.74) is 0.775. The van der Waals surface area contributed by atoms with E-state index in [4.69, 9.17) is 4.42 Å². The zero-order chi connectivity index (χ0) is 15.6. The number of ketones is 1. The number of rotatable bonds is 4. The number of furan rings is 1. The Hall–Kier alpha value is -2.89. The Morgan fingerprint density at radius 1 is 1.14 bits per heavy atom. The third-order valence-electron chi connectivity index (χ3n) is 2.90. The standard InChI is InChI=1S/C15H13NO5/c1-8(17)12-7-13(21-9(12)2)14(18)16-11-5-3-10(4-6-11)15(19)20/h3-7H,1-2H3,(H,16,18)(H,19,20)/p-1. The van der Waals surface area contributed by atoms with Gasteiger partial charge in [-0.2, -0.15) is 0 Å². The molecule has 2 aromatic rings. The Morgan fingerprint density at radius 2 is 1.76 bits per heavy atom. The smallest absolute Gasteiger partial charge is 0.291 e. The minimum Gasteiger partial charge on any atom is -0.545 e. The van der Waals surface area contributed by atoms with Gasteiger partial charge in [-0.15, -0.1) is 0 Å². The van der Waals surface area contributed by atoms with Gasteiger partial charge in [-0.1, -0.05) is 12.1 Å². The molecule has 21 heavy (non-hydrogen) atoms. The van der Waals surface area contributed by atoms with Crippen LogP contribution in [0, 0.1) is 6.92 Å². The highest BCUT2D eigenvalue weighted by atomic mass is 16.4. The number of hydrogen-bond acceptors (Lipinski definition) is 5. The lowest BCUT2D eigenvalue weighted by Gasteiger charge is -2.05. The highest BCUT2D eigenvalue weighted by Crippen LogP contribution is 2.17. The van der Waals surface area contributed by atoms with E-state index >= 15 is 0 Å². The van der Waals surface area contributed by atoms with E-state index < -0.39 is 11.9 Å². The third kappa shape index (κ3) is 3.17.